The molecule has 0 radical (unpaired) electrons. The molecule has 190 valence electrons. The minimum Gasteiger partial charge on any atom is -0.433 e. The minimum atomic E-state index is -3.39. The molecule has 0 aliphatic carbocycles. The molecule has 2 aromatic carbocycles. The molecule has 1 N–H and O–H groups in total. The average Bonchev–Trinajstić information content (AvgIpc) is 3.12. The van der Waals surface area contributed by atoms with Gasteiger partial charge in [-0.15, -0.1) is 0 Å². The van der Waals surface area contributed by atoms with E-state index in [0.29, 0.717) is 11.9 Å². The fraction of sp³-hybridized carbons (Fsp3) is 0.292. The molecule has 1 aliphatic rings. The summed E-state index contributed by atoms with van der Waals surface area (Å²) in [6.45, 7) is 0.131. The number of alkyl halides is 2. The van der Waals surface area contributed by atoms with Crippen molar-refractivity contribution in [3.05, 3.63) is 64.8 Å². The van der Waals surface area contributed by atoms with Crippen molar-refractivity contribution in [1.29, 1.82) is 0 Å². The standard InChI is InChI=1S/C24H23ClF2N4O5/c1-24(26,27)36-18-5-3-4-17(12-18)35-23-28-21-20(31(23)13-15-6-8-16(25)9-7-15)22(34)30(10-11-32)14-19(33)29(21)2/h3-9,12,32H,10-11,13-14H2,1-2H3. The summed E-state index contributed by atoms with van der Waals surface area (Å²) in [5.41, 5.74) is 0.834. The van der Waals surface area contributed by atoms with Crippen molar-refractivity contribution in [2.45, 2.75) is 19.6 Å². The second kappa shape index (κ2) is 10.1. The molecule has 0 saturated heterocycles. The third kappa shape index (κ3) is 5.58. The van der Waals surface area contributed by atoms with Crippen molar-refractivity contribution in [3.8, 4) is 17.5 Å². The molecule has 1 aromatic heterocycles. The van der Waals surface area contributed by atoms with Gasteiger partial charge in [0.1, 0.15) is 18.0 Å². The van der Waals surface area contributed by atoms with Crippen molar-refractivity contribution in [3.63, 3.8) is 0 Å². The Balaban J connectivity index is 1.80. The first-order valence-electron chi connectivity index (χ1n) is 10.9. The molecule has 0 fully saturated rings. The number of β-amino-alcohol motifs (C(OH)–C–C–N with tert-alkyl or cyclic N) is 1. The molecule has 1 aliphatic heterocycles. The number of nitrogens with zero attached hydrogens (tertiary/aromatic N) is 4. The van der Waals surface area contributed by atoms with E-state index in [0.717, 1.165) is 5.56 Å². The van der Waals surface area contributed by atoms with E-state index < -0.39 is 17.9 Å². The number of hydrogen-bond acceptors (Lipinski definition) is 6. The molecule has 0 unspecified atom stereocenters. The number of aromatic nitrogens is 2. The van der Waals surface area contributed by atoms with Crippen LogP contribution < -0.4 is 14.4 Å². The zero-order chi connectivity index (χ0) is 26.0. The van der Waals surface area contributed by atoms with Gasteiger partial charge in [0.15, 0.2) is 11.5 Å². The van der Waals surface area contributed by atoms with Gasteiger partial charge in [-0.3, -0.25) is 19.1 Å². The second-order valence-corrected chi connectivity index (χ2v) is 8.61. The van der Waals surface area contributed by atoms with E-state index >= 15 is 0 Å². The lowest BCUT2D eigenvalue weighted by molar-refractivity contribution is -0.159. The Kier molecular flexibility index (Phi) is 7.14. The Morgan fingerprint density at radius 1 is 1.14 bits per heavy atom. The quantitative estimate of drug-likeness (QED) is 0.485. The van der Waals surface area contributed by atoms with Crippen LogP contribution in [0.4, 0.5) is 14.6 Å². The predicted molar refractivity (Wildman–Crippen MR) is 127 cm³/mol. The van der Waals surface area contributed by atoms with Crippen LogP contribution in [0.25, 0.3) is 0 Å². The van der Waals surface area contributed by atoms with Crippen LogP contribution in [0, 0.1) is 0 Å². The van der Waals surface area contributed by atoms with Crippen LogP contribution >= 0.6 is 11.6 Å². The lowest BCUT2D eigenvalue weighted by atomic mass is 10.2. The SMILES string of the molecule is CN1C(=O)CN(CCO)C(=O)c2c1nc(Oc1cccc(OC(C)(F)F)c1)n2Cc1ccc(Cl)cc1. The molecule has 3 aromatic rings. The molecule has 36 heavy (non-hydrogen) atoms. The molecule has 2 heterocycles. The molecule has 2 amide bonds. The maximum Gasteiger partial charge on any atom is 0.394 e. The van der Waals surface area contributed by atoms with Gasteiger partial charge in [0.25, 0.3) is 5.91 Å². The van der Waals surface area contributed by atoms with Crippen LogP contribution in [0.5, 0.6) is 17.5 Å². The number of halogens is 3. The summed E-state index contributed by atoms with van der Waals surface area (Å²) >= 11 is 6.00. The molecular formula is C24H23ClF2N4O5. The van der Waals surface area contributed by atoms with Gasteiger partial charge in [-0.25, -0.2) is 0 Å². The first-order valence-corrected chi connectivity index (χ1v) is 11.3. The highest BCUT2D eigenvalue weighted by Gasteiger charge is 2.36. The van der Waals surface area contributed by atoms with Crippen molar-refractivity contribution in [2.75, 3.05) is 31.6 Å². The monoisotopic (exact) mass is 520 g/mol. The van der Waals surface area contributed by atoms with Gasteiger partial charge in [-0.1, -0.05) is 29.8 Å². The Labute approximate surface area is 210 Å². The number of likely N-dealkylation sites (N-methyl/N-ethyl adjacent to an activating group) is 1. The van der Waals surface area contributed by atoms with Crippen LogP contribution in [0.3, 0.4) is 0 Å². The summed E-state index contributed by atoms with van der Waals surface area (Å²) < 4.78 is 38.7. The van der Waals surface area contributed by atoms with Crippen LogP contribution in [0.15, 0.2) is 48.5 Å². The number of hydrogen-bond donors (Lipinski definition) is 1. The van der Waals surface area contributed by atoms with E-state index in [-0.39, 0.29) is 55.3 Å². The van der Waals surface area contributed by atoms with E-state index in [2.05, 4.69) is 9.72 Å². The van der Waals surface area contributed by atoms with Gasteiger partial charge in [-0.05, 0) is 29.8 Å². The van der Waals surface area contributed by atoms with Crippen LogP contribution in [-0.4, -0.2) is 64.2 Å². The number of aliphatic hydroxyl groups excluding tert-OH is 1. The third-order valence-corrected chi connectivity index (χ3v) is 5.61. The lowest BCUT2D eigenvalue weighted by Gasteiger charge is -2.20. The molecular weight excluding hydrogens is 498 g/mol. The van der Waals surface area contributed by atoms with Crippen molar-refractivity contribution in [2.24, 2.45) is 0 Å². The minimum absolute atomic E-state index is 0.0470. The molecule has 12 heteroatoms. The maximum atomic E-state index is 13.5. The maximum absolute atomic E-state index is 13.5. The van der Waals surface area contributed by atoms with E-state index in [9.17, 15) is 23.5 Å². The number of amides is 2. The van der Waals surface area contributed by atoms with E-state index in [1.54, 1.807) is 24.3 Å². The molecule has 0 saturated carbocycles. The second-order valence-electron chi connectivity index (χ2n) is 8.17. The average molecular weight is 521 g/mol. The Morgan fingerprint density at radius 3 is 2.50 bits per heavy atom. The molecule has 4 rings (SSSR count). The molecule has 9 nitrogen and oxygen atoms in total. The van der Waals surface area contributed by atoms with Crippen molar-refractivity contribution < 1.29 is 33.0 Å². The lowest BCUT2D eigenvalue weighted by Crippen LogP contribution is -2.39. The first kappa shape index (κ1) is 25.4. The highest BCUT2D eigenvalue weighted by Crippen LogP contribution is 2.34. The van der Waals surface area contributed by atoms with Gasteiger partial charge in [0, 0.05) is 31.6 Å². The number of carbonyl (C=O) groups excluding carboxylic acids is 2. The molecule has 0 spiro atoms. The van der Waals surface area contributed by atoms with Gasteiger partial charge >= 0.3 is 12.1 Å². The van der Waals surface area contributed by atoms with Gasteiger partial charge in [0.05, 0.1) is 13.2 Å². The Hall–Kier alpha value is -3.70. The summed E-state index contributed by atoms with van der Waals surface area (Å²) in [6.07, 6.45) is -3.39. The topological polar surface area (TPSA) is 97.1 Å². The highest BCUT2D eigenvalue weighted by molar-refractivity contribution is 6.30. The predicted octanol–water partition coefficient (Wildman–Crippen LogP) is 3.78. The van der Waals surface area contributed by atoms with Crippen molar-refractivity contribution >= 4 is 29.2 Å². The third-order valence-electron chi connectivity index (χ3n) is 5.36. The van der Waals surface area contributed by atoms with E-state index in [4.69, 9.17) is 16.3 Å². The van der Waals surface area contributed by atoms with E-state index in [1.165, 1.54) is 45.7 Å². The fourth-order valence-corrected chi connectivity index (χ4v) is 3.81. The fourth-order valence-electron chi connectivity index (χ4n) is 3.69. The van der Waals surface area contributed by atoms with Gasteiger partial charge in [0.2, 0.25) is 5.91 Å². The molecule has 0 atom stereocenters. The summed E-state index contributed by atoms with van der Waals surface area (Å²) in [6, 6.07) is 12.5. The van der Waals surface area contributed by atoms with Gasteiger partial charge in [-0.2, -0.15) is 13.8 Å². The summed E-state index contributed by atoms with van der Waals surface area (Å²) in [5.74, 6) is -0.853. The first-order chi connectivity index (χ1) is 17.1. The number of carbonyl (C=O) groups is 2. The number of ether oxygens (including phenoxy) is 2. The number of anilines is 1. The number of rotatable bonds is 8. The summed E-state index contributed by atoms with van der Waals surface area (Å²) in [7, 11) is 1.48. The largest absolute Gasteiger partial charge is 0.433 e. The van der Waals surface area contributed by atoms with E-state index in [1.807, 2.05) is 0 Å². The number of benzene rings is 2. The summed E-state index contributed by atoms with van der Waals surface area (Å²) in [5, 5.41) is 9.95. The number of fused-ring (bicyclic) bond motifs is 1. The Bertz CT molecular complexity index is 1280. The zero-order valence-electron chi connectivity index (χ0n) is 19.5. The highest BCUT2D eigenvalue weighted by atomic mass is 35.5. The van der Waals surface area contributed by atoms with Crippen LogP contribution in [-0.2, 0) is 11.3 Å². The Morgan fingerprint density at radius 2 is 1.83 bits per heavy atom. The number of aliphatic hydroxyl groups is 1. The van der Waals surface area contributed by atoms with Crippen LogP contribution in [0.2, 0.25) is 5.02 Å². The number of imidazole rings is 1. The molecule has 0 bridgehead atoms. The smallest absolute Gasteiger partial charge is 0.394 e. The van der Waals surface area contributed by atoms with Crippen LogP contribution in [0.1, 0.15) is 23.0 Å². The zero-order valence-corrected chi connectivity index (χ0v) is 20.2. The van der Waals surface area contributed by atoms with Gasteiger partial charge < -0.3 is 19.5 Å². The summed E-state index contributed by atoms with van der Waals surface area (Å²) in [4.78, 5) is 33.1. The van der Waals surface area contributed by atoms with Crippen molar-refractivity contribution in [1.82, 2.24) is 14.5 Å². The normalized spacial score (nSPS) is 14.1.